The summed E-state index contributed by atoms with van der Waals surface area (Å²) in [5.74, 6) is 1.16. The molecule has 2 aliphatic heterocycles. The number of benzene rings is 1. The Labute approximate surface area is 194 Å². The Balaban J connectivity index is 1.38. The zero-order valence-corrected chi connectivity index (χ0v) is 20.1. The minimum atomic E-state index is -3.06. The lowest BCUT2D eigenvalue weighted by molar-refractivity contribution is -0.135. The molecule has 4 rings (SSSR count). The van der Waals surface area contributed by atoms with Crippen LogP contribution in [0.2, 0.25) is 0 Å². The number of rotatable bonds is 8. The Bertz CT molecular complexity index is 1000. The number of carbonyl (C=O) groups excluding carboxylic acids is 1. The van der Waals surface area contributed by atoms with Gasteiger partial charge in [0.05, 0.1) is 36.9 Å². The fourth-order valence-electron chi connectivity index (χ4n) is 4.44. The van der Waals surface area contributed by atoms with Crippen LogP contribution in [0.1, 0.15) is 18.2 Å². The van der Waals surface area contributed by atoms with Crippen LogP contribution in [0.3, 0.4) is 0 Å². The van der Waals surface area contributed by atoms with Crippen LogP contribution in [0.4, 0.5) is 5.69 Å². The summed E-state index contributed by atoms with van der Waals surface area (Å²) < 4.78 is 29.9. The number of ether oxygens (including phenoxy) is 1. The number of sulfone groups is 1. The van der Waals surface area contributed by atoms with Gasteiger partial charge in [-0.1, -0.05) is 18.2 Å². The normalized spacial score (nSPS) is 20.9. The Kier molecular flexibility index (Phi) is 7.37. The average Bonchev–Trinajstić information content (AvgIpc) is 3.42. The molecule has 1 aromatic carbocycles. The monoisotopic (exact) mass is 477 g/mol. The van der Waals surface area contributed by atoms with Crippen LogP contribution < -0.4 is 9.64 Å². The average molecular weight is 478 g/mol. The lowest BCUT2D eigenvalue weighted by atomic mass is 10.2. The molecule has 32 heavy (non-hydrogen) atoms. The molecule has 7 nitrogen and oxygen atoms in total. The van der Waals surface area contributed by atoms with Crippen molar-refractivity contribution in [2.75, 3.05) is 55.7 Å². The third kappa shape index (κ3) is 5.63. The van der Waals surface area contributed by atoms with Gasteiger partial charge in [0, 0.05) is 37.1 Å². The van der Waals surface area contributed by atoms with Crippen molar-refractivity contribution in [2.45, 2.75) is 25.9 Å². The van der Waals surface area contributed by atoms with Crippen molar-refractivity contribution in [3.05, 3.63) is 46.7 Å². The molecule has 0 aliphatic carbocycles. The standard InChI is InChI=1S/C23H31N3O4S2/c1-2-30-22-8-4-3-7-21(22)25-12-10-24(11-13-25)17-23(27)26(16-20-6-5-14-31-20)19-9-15-32(28,29)18-19/h3-8,14,19H,2,9-13,15-18H2,1H3/t19-/m1/s1. The predicted molar refractivity (Wildman–Crippen MR) is 128 cm³/mol. The van der Waals surface area contributed by atoms with Crippen molar-refractivity contribution in [1.29, 1.82) is 0 Å². The van der Waals surface area contributed by atoms with E-state index in [1.165, 1.54) is 0 Å². The zero-order valence-electron chi connectivity index (χ0n) is 18.5. The van der Waals surface area contributed by atoms with Crippen LogP contribution in [-0.2, 0) is 21.2 Å². The second kappa shape index (κ2) is 10.2. The van der Waals surface area contributed by atoms with E-state index in [1.807, 2.05) is 42.6 Å². The number of nitrogens with zero attached hydrogens (tertiary/aromatic N) is 3. The highest BCUT2D eigenvalue weighted by atomic mass is 32.2. The van der Waals surface area contributed by atoms with E-state index in [9.17, 15) is 13.2 Å². The molecule has 0 unspecified atom stereocenters. The molecule has 0 spiro atoms. The number of piperazine rings is 1. The summed E-state index contributed by atoms with van der Waals surface area (Å²) in [6.07, 6.45) is 0.529. The third-order valence-corrected chi connectivity index (χ3v) is 8.72. The number of para-hydroxylation sites is 2. The summed E-state index contributed by atoms with van der Waals surface area (Å²) in [6, 6.07) is 11.8. The van der Waals surface area contributed by atoms with Crippen molar-refractivity contribution in [1.82, 2.24) is 9.80 Å². The second-order valence-electron chi connectivity index (χ2n) is 8.32. The number of carbonyl (C=O) groups is 1. The Hall–Kier alpha value is -2.10. The van der Waals surface area contributed by atoms with Crippen LogP contribution in [0.25, 0.3) is 0 Å². The third-order valence-electron chi connectivity index (χ3n) is 6.11. The molecule has 1 amide bonds. The van der Waals surface area contributed by atoms with E-state index in [-0.39, 0.29) is 23.5 Å². The molecule has 174 valence electrons. The van der Waals surface area contributed by atoms with Gasteiger partial charge in [0.2, 0.25) is 5.91 Å². The van der Waals surface area contributed by atoms with Gasteiger partial charge >= 0.3 is 0 Å². The smallest absolute Gasteiger partial charge is 0.237 e. The first-order valence-electron chi connectivity index (χ1n) is 11.2. The molecule has 2 fully saturated rings. The van der Waals surface area contributed by atoms with E-state index in [1.54, 1.807) is 16.2 Å². The highest BCUT2D eigenvalue weighted by Gasteiger charge is 2.35. The highest BCUT2D eigenvalue weighted by molar-refractivity contribution is 7.91. The molecule has 2 saturated heterocycles. The lowest BCUT2D eigenvalue weighted by Gasteiger charge is -2.37. The van der Waals surface area contributed by atoms with Gasteiger partial charge in [-0.15, -0.1) is 11.3 Å². The molecule has 1 atom stereocenters. The second-order valence-corrected chi connectivity index (χ2v) is 11.6. The van der Waals surface area contributed by atoms with Crippen LogP contribution in [-0.4, -0.2) is 81.0 Å². The number of amides is 1. The van der Waals surface area contributed by atoms with E-state index in [0.717, 1.165) is 42.5 Å². The first-order valence-corrected chi connectivity index (χ1v) is 13.9. The van der Waals surface area contributed by atoms with Crippen LogP contribution >= 0.6 is 11.3 Å². The fraction of sp³-hybridized carbons (Fsp3) is 0.522. The van der Waals surface area contributed by atoms with Crippen molar-refractivity contribution < 1.29 is 17.9 Å². The number of anilines is 1. The molecule has 1 aromatic heterocycles. The van der Waals surface area contributed by atoms with Crippen LogP contribution in [0.5, 0.6) is 5.75 Å². The maximum Gasteiger partial charge on any atom is 0.237 e. The van der Waals surface area contributed by atoms with Gasteiger partial charge in [0.1, 0.15) is 5.75 Å². The molecule has 0 bridgehead atoms. The first kappa shape index (κ1) is 23.1. The molecular weight excluding hydrogens is 446 g/mol. The molecule has 3 heterocycles. The summed E-state index contributed by atoms with van der Waals surface area (Å²) >= 11 is 1.60. The van der Waals surface area contributed by atoms with Gasteiger partial charge in [-0.25, -0.2) is 8.42 Å². The van der Waals surface area contributed by atoms with E-state index >= 15 is 0 Å². The minimum Gasteiger partial charge on any atom is -0.492 e. The fourth-order valence-corrected chi connectivity index (χ4v) is 6.87. The molecule has 2 aromatic rings. The van der Waals surface area contributed by atoms with E-state index in [0.29, 0.717) is 26.1 Å². The highest BCUT2D eigenvalue weighted by Crippen LogP contribution is 2.29. The quantitative estimate of drug-likeness (QED) is 0.582. The lowest BCUT2D eigenvalue weighted by Crippen LogP contribution is -2.51. The minimum absolute atomic E-state index is 0.0173. The van der Waals surface area contributed by atoms with Crippen LogP contribution in [0, 0.1) is 0 Å². The van der Waals surface area contributed by atoms with Gasteiger partial charge in [0.25, 0.3) is 0 Å². The maximum atomic E-state index is 13.3. The van der Waals surface area contributed by atoms with E-state index < -0.39 is 9.84 Å². The summed E-state index contributed by atoms with van der Waals surface area (Å²) in [5.41, 5.74) is 1.09. The molecule has 9 heteroatoms. The molecule has 0 saturated carbocycles. The van der Waals surface area contributed by atoms with Gasteiger partial charge in [-0.3, -0.25) is 9.69 Å². The molecule has 2 aliphatic rings. The van der Waals surface area contributed by atoms with Crippen molar-refractivity contribution in [3.63, 3.8) is 0 Å². The largest absolute Gasteiger partial charge is 0.492 e. The Morgan fingerprint density at radius 3 is 2.59 bits per heavy atom. The van der Waals surface area contributed by atoms with Crippen molar-refractivity contribution in [3.8, 4) is 5.75 Å². The van der Waals surface area contributed by atoms with Gasteiger partial charge in [-0.2, -0.15) is 0 Å². The Morgan fingerprint density at radius 2 is 1.94 bits per heavy atom. The SMILES string of the molecule is CCOc1ccccc1N1CCN(CC(=O)N(Cc2cccs2)[C@@H]2CCS(=O)(=O)C2)CC1. The molecule has 0 N–H and O–H groups in total. The van der Waals surface area contributed by atoms with E-state index in [4.69, 9.17) is 4.74 Å². The van der Waals surface area contributed by atoms with Gasteiger partial charge in [0.15, 0.2) is 9.84 Å². The van der Waals surface area contributed by atoms with Gasteiger partial charge in [-0.05, 0) is 36.9 Å². The zero-order chi connectivity index (χ0) is 22.6. The number of hydrogen-bond donors (Lipinski definition) is 0. The molecule has 0 radical (unpaired) electrons. The predicted octanol–water partition coefficient (Wildman–Crippen LogP) is 2.48. The van der Waals surface area contributed by atoms with Crippen LogP contribution in [0.15, 0.2) is 41.8 Å². The summed E-state index contributed by atoms with van der Waals surface area (Å²) in [4.78, 5) is 20.6. The Morgan fingerprint density at radius 1 is 1.16 bits per heavy atom. The first-order chi connectivity index (χ1) is 15.4. The van der Waals surface area contributed by atoms with E-state index in [2.05, 4.69) is 15.9 Å². The summed E-state index contributed by atoms with van der Waals surface area (Å²) in [7, 11) is -3.06. The van der Waals surface area contributed by atoms with Crippen molar-refractivity contribution in [2.24, 2.45) is 0 Å². The summed E-state index contributed by atoms with van der Waals surface area (Å²) in [6.45, 7) is 6.62. The van der Waals surface area contributed by atoms with Crippen molar-refractivity contribution >= 4 is 32.8 Å². The maximum absolute atomic E-state index is 13.3. The van der Waals surface area contributed by atoms with Gasteiger partial charge < -0.3 is 14.5 Å². The molecular formula is C23H31N3O4S2. The number of thiophene rings is 1. The summed E-state index contributed by atoms with van der Waals surface area (Å²) in [5, 5.41) is 1.99. The topological polar surface area (TPSA) is 70.2 Å². The number of hydrogen-bond acceptors (Lipinski definition) is 7.